The Morgan fingerprint density at radius 2 is 2.00 bits per heavy atom. The van der Waals surface area contributed by atoms with Crippen LogP contribution in [0.3, 0.4) is 0 Å². The number of rotatable bonds is 7. The summed E-state index contributed by atoms with van der Waals surface area (Å²) in [5.41, 5.74) is 3.97. The van der Waals surface area contributed by atoms with E-state index in [9.17, 15) is 14.9 Å². The molecule has 0 saturated carbocycles. The zero-order valence-corrected chi connectivity index (χ0v) is 15.6. The lowest BCUT2D eigenvalue weighted by Gasteiger charge is -2.06. The number of carbonyl (C=O) groups excluding carboxylic acids is 1. The molecule has 0 fully saturated rings. The van der Waals surface area contributed by atoms with E-state index in [0.717, 1.165) is 22.5 Å². The summed E-state index contributed by atoms with van der Waals surface area (Å²) in [4.78, 5) is 22.0. The molecule has 0 aliphatic carbocycles. The van der Waals surface area contributed by atoms with Crippen LogP contribution in [0, 0.1) is 24.0 Å². The molecule has 0 saturated heterocycles. The summed E-state index contributed by atoms with van der Waals surface area (Å²) in [6.45, 7) is 4.89. The third kappa shape index (κ3) is 4.53. The molecule has 0 bridgehead atoms. The van der Waals surface area contributed by atoms with E-state index in [1.165, 1.54) is 24.3 Å². The van der Waals surface area contributed by atoms with Crippen molar-refractivity contribution < 1.29 is 14.1 Å². The molecule has 3 aromatic rings. The zero-order chi connectivity index (χ0) is 20.1. The first-order valence-corrected chi connectivity index (χ1v) is 8.71. The minimum Gasteiger partial charge on any atom is -0.401 e. The van der Waals surface area contributed by atoms with Gasteiger partial charge in [0.25, 0.3) is 0 Å². The summed E-state index contributed by atoms with van der Waals surface area (Å²) < 4.78 is 6.90. The number of benzene rings is 1. The van der Waals surface area contributed by atoms with Gasteiger partial charge >= 0.3 is 5.88 Å². The zero-order valence-electron chi connectivity index (χ0n) is 15.6. The molecule has 1 N–H and O–H groups in total. The van der Waals surface area contributed by atoms with Gasteiger partial charge in [0, 0.05) is 23.9 Å². The standard InChI is InChI=1S/C20H20N4O4/c1-14-18(15(2)23(22-14)13-16-6-4-3-5-7-16)12-21-19(25)10-8-17-9-11-20(28-17)24(26)27/h3-11H,12-13H2,1-2H3,(H,21,25)/b10-8+. The second-order valence-corrected chi connectivity index (χ2v) is 6.28. The van der Waals surface area contributed by atoms with E-state index in [-0.39, 0.29) is 17.6 Å². The van der Waals surface area contributed by atoms with Gasteiger partial charge in [-0.1, -0.05) is 30.3 Å². The van der Waals surface area contributed by atoms with Crippen molar-refractivity contribution in [1.29, 1.82) is 0 Å². The first-order chi connectivity index (χ1) is 13.4. The van der Waals surface area contributed by atoms with Crippen molar-refractivity contribution in [2.75, 3.05) is 0 Å². The second-order valence-electron chi connectivity index (χ2n) is 6.28. The normalized spacial score (nSPS) is 11.1. The van der Waals surface area contributed by atoms with E-state index in [4.69, 9.17) is 4.42 Å². The Kier molecular flexibility index (Phi) is 5.69. The predicted molar refractivity (Wildman–Crippen MR) is 103 cm³/mol. The summed E-state index contributed by atoms with van der Waals surface area (Å²) >= 11 is 0. The van der Waals surface area contributed by atoms with Gasteiger partial charge in [-0.2, -0.15) is 5.10 Å². The molecule has 28 heavy (non-hydrogen) atoms. The molecule has 8 nitrogen and oxygen atoms in total. The van der Waals surface area contributed by atoms with Gasteiger partial charge in [-0.3, -0.25) is 19.6 Å². The summed E-state index contributed by atoms with van der Waals surface area (Å²) in [6.07, 6.45) is 2.67. The van der Waals surface area contributed by atoms with Crippen LogP contribution in [-0.2, 0) is 17.9 Å². The fourth-order valence-corrected chi connectivity index (χ4v) is 2.82. The molecule has 0 atom stereocenters. The fourth-order valence-electron chi connectivity index (χ4n) is 2.82. The van der Waals surface area contributed by atoms with E-state index < -0.39 is 4.92 Å². The number of furan rings is 1. The Hall–Kier alpha value is -3.68. The molecule has 144 valence electrons. The number of carbonyl (C=O) groups is 1. The molecular weight excluding hydrogens is 360 g/mol. The minimum atomic E-state index is -0.629. The van der Waals surface area contributed by atoms with Crippen LogP contribution in [0.4, 0.5) is 5.88 Å². The van der Waals surface area contributed by atoms with Crippen molar-refractivity contribution in [3.8, 4) is 0 Å². The van der Waals surface area contributed by atoms with Crippen LogP contribution < -0.4 is 5.32 Å². The number of nitrogens with one attached hydrogen (secondary N) is 1. The first-order valence-electron chi connectivity index (χ1n) is 8.71. The third-order valence-corrected chi connectivity index (χ3v) is 4.34. The molecule has 1 amide bonds. The van der Waals surface area contributed by atoms with Crippen molar-refractivity contribution in [3.63, 3.8) is 0 Å². The van der Waals surface area contributed by atoms with Gasteiger partial charge in [0.05, 0.1) is 18.3 Å². The highest BCUT2D eigenvalue weighted by Crippen LogP contribution is 2.17. The highest BCUT2D eigenvalue weighted by atomic mass is 16.6. The summed E-state index contributed by atoms with van der Waals surface area (Å²) in [7, 11) is 0. The van der Waals surface area contributed by atoms with E-state index in [2.05, 4.69) is 10.4 Å². The monoisotopic (exact) mass is 380 g/mol. The fraction of sp³-hybridized carbons (Fsp3) is 0.200. The Morgan fingerprint density at radius 1 is 1.25 bits per heavy atom. The molecule has 8 heteroatoms. The van der Waals surface area contributed by atoms with Crippen molar-refractivity contribution in [2.24, 2.45) is 0 Å². The smallest absolute Gasteiger partial charge is 0.401 e. The first kappa shape index (κ1) is 19.1. The van der Waals surface area contributed by atoms with Crippen LogP contribution in [0.1, 0.15) is 28.3 Å². The van der Waals surface area contributed by atoms with Crippen molar-refractivity contribution >= 4 is 17.9 Å². The maximum atomic E-state index is 12.1. The van der Waals surface area contributed by atoms with E-state index in [1.807, 2.05) is 48.9 Å². The number of nitrogens with zero attached hydrogens (tertiary/aromatic N) is 3. The number of hydrogen-bond donors (Lipinski definition) is 1. The summed E-state index contributed by atoms with van der Waals surface area (Å²) in [6, 6.07) is 12.7. The summed E-state index contributed by atoms with van der Waals surface area (Å²) in [5.74, 6) is -0.448. The van der Waals surface area contributed by atoms with Crippen LogP contribution in [0.5, 0.6) is 0 Å². The molecule has 2 heterocycles. The quantitative estimate of drug-likeness (QED) is 0.384. The second kappa shape index (κ2) is 8.34. The Labute approximate surface area is 161 Å². The van der Waals surface area contributed by atoms with Crippen molar-refractivity contribution in [3.05, 3.63) is 86.9 Å². The van der Waals surface area contributed by atoms with Gasteiger partial charge in [0.2, 0.25) is 5.91 Å². The third-order valence-electron chi connectivity index (χ3n) is 4.34. The average Bonchev–Trinajstić information content (AvgIpc) is 3.25. The topological polar surface area (TPSA) is 103 Å². The largest absolute Gasteiger partial charge is 0.433 e. The molecular formula is C20H20N4O4. The Bertz CT molecular complexity index is 1020. The lowest BCUT2D eigenvalue weighted by molar-refractivity contribution is -0.402. The van der Waals surface area contributed by atoms with E-state index in [0.29, 0.717) is 13.1 Å². The maximum Gasteiger partial charge on any atom is 0.433 e. The molecule has 0 spiro atoms. The van der Waals surface area contributed by atoms with Gasteiger partial charge < -0.3 is 9.73 Å². The lowest BCUT2D eigenvalue weighted by atomic mass is 10.2. The molecule has 3 rings (SSSR count). The lowest BCUT2D eigenvalue weighted by Crippen LogP contribution is -2.21. The number of hydrogen-bond acceptors (Lipinski definition) is 5. The Morgan fingerprint density at radius 3 is 2.68 bits per heavy atom. The number of amides is 1. The van der Waals surface area contributed by atoms with Gasteiger partial charge in [-0.05, 0) is 31.6 Å². The molecule has 1 aromatic carbocycles. The minimum absolute atomic E-state index is 0.241. The summed E-state index contributed by atoms with van der Waals surface area (Å²) in [5, 5.41) is 18.0. The molecule has 0 radical (unpaired) electrons. The van der Waals surface area contributed by atoms with Gasteiger partial charge in [0.15, 0.2) is 0 Å². The number of nitro groups is 1. The Balaban J connectivity index is 1.61. The van der Waals surface area contributed by atoms with Gasteiger partial charge in [-0.15, -0.1) is 0 Å². The highest BCUT2D eigenvalue weighted by Gasteiger charge is 2.13. The molecule has 0 aliphatic rings. The van der Waals surface area contributed by atoms with Crippen LogP contribution in [0.25, 0.3) is 6.08 Å². The van der Waals surface area contributed by atoms with Crippen LogP contribution in [0.2, 0.25) is 0 Å². The van der Waals surface area contributed by atoms with Crippen molar-refractivity contribution in [1.82, 2.24) is 15.1 Å². The van der Waals surface area contributed by atoms with Crippen LogP contribution in [-0.4, -0.2) is 20.6 Å². The SMILES string of the molecule is Cc1nn(Cc2ccccc2)c(C)c1CNC(=O)/C=C/c1ccc([N+](=O)[O-])o1. The molecule has 0 aliphatic heterocycles. The van der Waals surface area contributed by atoms with Crippen LogP contribution >= 0.6 is 0 Å². The molecule has 0 unspecified atom stereocenters. The highest BCUT2D eigenvalue weighted by molar-refractivity contribution is 5.91. The van der Waals surface area contributed by atoms with Gasteiger partial charge in [0.1, 0.15) is 10.7 Å². The predicted octanol–water partition coefficient (Wildman–Crippen LogP) is 3.38. The van der Waals surface area contributed by atoms with Crippen LogP contribution in [0.15, 0.2) is 53.0 Å². The van der Waals surface area contributed by atoms with E-state index in [1.54, 1.807) is 0 Å². The van der Waals surface area contributed by atoms with Gasteiger partial charge in [-0.25, -0.2) is 0 Å². The maximum absolute atomic E-state index is 12.1. The number of aromatic nitrogens is 2. The van der Waals surface area contributed by atoms with E-state index >= 15 is 0 Å². The number of aryl methyl sites for hydroxylation is 1. The average molecular weight is 380 g/mol. The molecule has 2 aromatic heterocycles. The van der Waals surface area contributed by atoms with Crippen molar-refractivity contribution in [2.45, 2.75) is 26.9 Å².